The number of benzene rings is 1. The highest BCUT2D eigenvalue weighted by atomic mass is 16.3. The van der Waals surface area contributed by atoms with E-state index in [1.165, 1.54) is 42.0 Å². The molecule has 1 aromatic carbocycles. The molecule has 2 heterocycles. The largest absolute Gasteiger partial charge is 0.401 e. The number of carbonyl (C=O) groups is 1. The topological polar surface area (TPSA) is 147 Å². The van der Waals surface area contributed by atoms with Gasteiger partial charge in [0.25, 0.3) is 0 Å². The summed E-state index contributed by atoms with van der Waals surface area (Å²) in [4.78, 5) is 10.1. The van der Waals surface area contributed by atoms with Crippen LogP contribution >= 0.6 is 0 Å². The van der Waals surface area contributed by atoms with E-state index in [4.69, 9.17) is 32.3 Å². The van der Waals surface area contributed by atoms with Crippen LogP contribution in [0.2, 0.25) is 6.82 Å². The average molecular weight is 574 g/mol. The van der Waals surface area contributed by atoms with Gasteiger partial charge in [-0.3, -0.25) is 4.90 Å². The smallest absolute Gasteiger partial charge is 0.149 e. The molecule has 8 N–H and O–H groups in total. The molecular formula is C31H58BN6O3. The minimum absolute atomic E-state index is 0.176. The molecule has 2 fully saturated rings. The molecule has 2 aromatic rings. The summed E-state index contributed by atoms with van der Waals surface area (Å²) < 4.78 is 2.20. The molecule has 0 spiro atoms. The Labute approximate surface area is 249 Å². The zero-order valence-electron chi connectivity index (χ0n) is 26.9. The lowest BCUT2D eigenvalue weighted by atomic mass is 9.72. The number of fused-ring (bicyclic) bond motifs is 1. The van der Waals surface area contributed by atoms with Crippen LogP contribution in [0, 0.1) is 11.3 Å². The summed E-state index contributed by atoms with van der Waals surface area (Å²) in [6, 6.07) is 9.39. The number of allylic oxidation sites excluding steroid dienone is 1. The Morgan fingerprint density at radius 1 is 1.20 bits per heavy atom. The van der Waals surface area contributed by atoms with Crippen LogP contribution in [-0.2, 0) is 11.3 Å². The lowest BCUT2D eigenvalue weighted by Gasteiger charge is -2.34. The minimum Gasteiger partial charge on any atom is -0.401 e. The Hall–Kier alpha value is -2.37. The summed E-state index contributed by atoms with van der Waals surface area (Å²) in [5, 5.41) is 19.2. The number of hydrogen-bond donors (Lipinski definition) is 5. The van der Waals surface area contributed by atoms with Crippen molar-refractivity contribution in [1.29, 1.82) is 0 Å². The first kappa shape index (κ1) is 38.6. The van der Waals surface area contributed by atoms with Gasteiger partial charge in [-0.1, -0.05) is 45.2 Å². The highest BCUT2D eigenvalue weighted by Crippen LogP contribution is 2.34. The monoisotopic (exact) mass is 573 g/mol. The molecule has 41 heavy (non-hydrogen) atoms. The van der Waals surface area contributed by atoms with Crippen LogP contribution in [0.5, 0.6) is 0 Å². The molecule has 3 unspecified atom stereocenters. The first-order chi connectivity index (χ1) is 19.4. The summed E-state index contributed by atoms with van der Waals surface area (Å²) >= 11 is 0. The number of carbonyl (C=O) groups excluding carboxylic acids is 1. The Kier molecular flexibility index (Phi) is 18.6. The number of rotatable bonds is 7. The fourth-order valence-corrected chi connectivity index (χ4v) is 4.60. The summed E-state index contributed by atoms with van der Waals surface area (Å²) in [7, 11) is 3.13. The SMILES string of the molecule is C=O.CC(N(N)/C=C(\N)C1CC1)C(C)(C)C.CC(O)N1CCCC1C.CO.C[B]c1cccc2c1ccn2CCN. The van der Waals surface area contributed by atoms with Crippen molar-refractivity contribution < 1.29 is 15.0 Å². The zero-order chi connectivity index (χ0) is 31.8. The molecule has 1 saturated carbocycles. The first-order valence-corrected chi connectivity index (χ1v) is 14.7. The first-order valence-electron chi connectivity index (χ1n) is 14.7. The Bertz CT molecular complexity index is 1000. The van der Waals surface area contributed by atoms with Crippen LogP contribution in [0.3, 0.4) is 0 Å². The van der Waals surface area contributed by atoms with Crippen LogP contribution in [0.15, 0.2) is 42.4 Å². The maximum atomic E-state index is 9.15. The van der Waals surface area contributed by atoms with Gasteiger partial charge in [-0.2, -0.15) is 0 Å². The summed E-state index contributed by atoms with van der Waals surface area (Å²) in [5.41, 5.74) is 15.1. The van der Waals surface area contributed by atoms with Crippen LogP contribution in [0.25, 0.3) is 10.9 Å². The van der Waals surface area contributed by atoms with E-state index in [1.54, 1.807) is 5.01 Å². The zero-order valence-corrected chi connectivity index (χ0v) is 26.9. The summed E-state index contributed by atoms with van der Waals surface area (Å²) in [6.07, 6.45) is 8.68. The number of aliphatic hydroxyl groups is 2. The van der Waals surface area contributed by atoms with Crippen LogP contribution in [-0.4, -0.2) is 77.3 Å². The molecule has 233 valence electrons. The van der Waals surface area contributed by atoms with E-state index in [0.29, 0.717) is 24.5 Å². The van der Waals surface area contributed by atoms with Gasteiger partial charge in [0.05, 0.1) is 0 Å². The van der Waals surface area contributed by atoms with Gasteiger partial charge in [0.15, 0.2) is 0 Å². The van der Waals surface area contributed by atoms with Crippen molar-refractivity contribution in [1.82, 2.24) is 14.5 Å². The van der Waals surface area contributed by atoms with Gasteiger partial charge in [0.1, 0.15) is 20.3 Å². The van der Waals surface area contributed by atoms with E-state index in [1.807, 2.05) is 19.9 Å². The van der Waals surface area contributed by atoms with Gasteiger partial charge in [-0.15, -0.1) is 0 Å². The van der Waals surface area contributed by atoms with E-state index in [9.17, 15) is 0 Å². The van der Waals surface area contributed by atoms with Crippen molar-refractivity contribution in [2.24, 2.45) is 28.6 Å². The molecule has 1 aromatic heterocycles. The fraction of sp³-hybridized carbons (Fsp3) is 0.645. The van der Waals surface area contributed by atoms with Crippen LogP contribution < -0.4 is 22.8 Å². The van der Waals surface area contributed by atoms with Crippen molar-refractivity contribution in [3.63, 3.8) is 0 Å². The Balaban J connectivity index is 0.000000563. The second kappa shape index (κ2) is 19.7. The van der Waals surface area contributed by atoms with Gasteiger partial charge < -0.3 is 36.1 Å². The second-order valence-electron chi connectivity index (χ2n) is 11.6. The van der Waals surface area contributed by atoms with Gasteiger partial charge in [0.2, 0.25) is 0 Å². The Morgan fingerprint density at radius 3 is 2.22 bits per heavy atom. The van der Waals surface area contributed by atoms with Gasteiger partial charge in [-0.25, -0.2) is 5.84 Å². The second-order valence-corrected chi connectivity index (χ2v) is 11.6. The van der Waals surface area contributed by atoms with E-state index in [-0.39, 0.29) is 11.6 Å². The van der Waals surface area contributed by atoms with E-state index in [2.05, 4.69) is 88.7 Å². The van der Waals surface area contributed by atoms with Crippen molar-refractivity contribution in [2.45, 2.75) is 98.9 Å². The number of nitrogens with zero attached hydrogens (tertiary/aromatic N) is 3. The molecule has 2 aliphatic rings. The third-order valence-electron chi connectivity index (χ3n) is 7.66. The molecule has 0 amide bonds. The molecule has 10 heteroatoms. The molecular weight excluding hydrogens is 515 g/mol. The van der Waals surface area contributed by atoms with E-state index in [0.717, 1.165) is 25.9 Å². The van der Waals surface area contributed by atoms with Crippen LogP contribution in [0.1, 0.15) is 67.2 Å². The summed E-state index contributed by atoms with van der Waals surface area (Å²) in [6.45, 7) is 19.4. The number of aliphatic hydroxyl groups excluding tert-OH is 2. The Morgan fingerprint density at radius 2 is 1.80 bits per heavy atom. The third-order valence-corrected chi connectivity index (χ3v) is 7.66. The normalized spacial score (nSPS) is 18.2. The number of likely N-dealkylation sites (tertiary alicyclic amines) is 1. The maximum Gasteiger partial charge on any atom is 0.149 e. The van der Waals surface area contributed by atoms with Crippen LogP contribution in [0.4, 0.5) is 0 Å². The van der Waals surface area contributed by atoms with Crippen molar-refractivity contribution in [2.75, 3.05) is 20.2 Å². The lowest BCUT2D eigenvalue weighted by Crippen LogP contribution is -2.43. The summed E-state index contributed by atoms with van der Waals surface area (Å²) in [5.74, 6) is 6.54. The standard InChI is InChI=1S/C11H14BN2.C11H23N3.C7H15NO.CH4O.CH2O/c1-12-10-3-2-4-11-9(10)5-7-14(11)8-6-13;1-8(11(2,3)4)14(13)7-10(12)9-5-6-9;1-6-4-3-5-8(6)7(2)9;2*1-2/h2-5,7H,6,8,13H2,1H3;7-9H,5-6,12-13H2,1-4H3;6-7,9H,3-5H2,1-2H3;2H,1H3;1H2/b;10-7-;;;. The average Bonchev–Trinajstić information content (AvgIpc) is 3.60. The lowest BCUT2D eigenvalue weighted by molar-refractivity contribution is -0.0980. The fourth-order valence-electron chi connectivity index (χ4n) is 4.60. The quantitative estimate of drug-likeness (QED) is 0.193. The molecule has 3 atom stereocenters. The predicted octanol–water partition coefficient (Wildman–Crippen LogP) is 3.02. The molecule has 9 nitrogen and oxygen atoms in total. The minimum atomic E-state index is -0.248. The maximum absolute atomic E-state index is 9.15. The molecule has 1 radical (unpaired) electrons. The van der Waals surface area contributed by atoms with E-state index < -0.39 is 0 Å². The van der Waals surface area contributed by atoms with Gasteiger partial charge >= 0.3 is 0 Å². The van der Waals surface area contributed by atoms with Crippen molar-refractivity contribution in [3.05, 3.63) is 42.4 Å². The highest BCUT2D eigenvalue weighted by molar-refractivity contribution is 6.55. The number of nitrogens with two attached hydrogens (primary N) is 3. The highest BCUT2D eigenvalue weighted by Gasteiger charge is 2.27. The predicted molar refractivity (Wildman–Crippen MR) is 175 cm³/mol. The number of hydrogen-bond acceptors (Lipinski definition) is 8. The third kappa shape index (κ3) is 13.0. The molecule has 0 bridgehead atoms. The number of aromatic nitrogens is 1. The molecule has 4 rings (SSSR count). The van der Waals surface area contributed by atoms with Crippen molar-refractivity contribution in [3.8, 4) is 0 Å². The molecule has 1 aliphatic heterocycles. The van der Waals surface area contributed by atoms with E-state index >= 15 is 0 Å². The van der Waals surface area contributed by atoms with Gasteiger partial charge in [-0.05, 0) is 69.4 Å². The molecule has 1 saturated heterocycles. The van der Waals surface area contributed by atoms with Gasteiger partial charge in [0, 0.05) is 68.4 Å². The van der Waals surface area contributed by atoms with Crippen molar-refractivity contribution >= 4 is 30.4 Å². The number of hydrazine groups is 1. The molecule has 1 aliphatic carbocycles.